The van der Waals surface area contributed by atoms with Gasteiger partial charge in [-0.3, -0.25) is 4.79 Å². The molecule has 3 aliphatic carbocycles. The molecule has 0 amide bonds. The predicted molar refractivity (Wildman–Crippen MR) is 79.5 cm³/mol. The summed E-state index contributed by atoms with van der Waals surface area (Å²) in [6, 6.07) is 3.57. The molecule has 1 aromatic heterocycles. The van der Waals surface area contributed by atoms with Crippen molar-refractivity contribution >= 4 is 0 Å². The van der Waals surface area contributed by atoms with Crippen LogP contribution in [0, 0.1) is 5.92 Å². The molecule has 1 aromatic rings. The van der Waals surface area contributed by atoms with Crippen LogP contribution in [-0.4, -0.2) is 4.98 Å². The Kier molecular flexibility index (Phi) is 2.14. The molecule has 4 rings (SSSR count). The van der Waals surface area contributed by atoms with Gasteiger partial charge in [-0.05, 0) is 50.3 Å². The lowest BCUT2D eigenvalue weighted by molar-refractivity contribution is 0.353. The minimum Gasteiger partial charge on any atom is -0.325 e. The van der Waals surface area contributed by atoms with Gasteiger partial charge in [0.15, 0.2) is 0 Å². The highest BCUT2D eigenvalue weighted by Gasteiger charge is 2.61. The van der Waals surface area contributed by atoms with Gasteiger partial charge in [0.25, 0.3) is 0 Å². The van der Waals surface area contributed by atoms with Crippen molar-refractivity contribution in [2.75, 3.05) is 0 Å². The van der Waals surface area contributed by atoms with Crippen molar-refractivity contribution in [2.45, 2.75) is 44.1 Å². The quantitative estimate of drug-likeness (QED) is 0.710. The maximum atomic E-state index is 11.8. The third kappa shape index (κ3) is 1.27. The van der Waals surface area contributed by atoms with E-state index in [9.17, 15) is 4.79 Å². The van der Waals surface area contributed by atoms with E-state index in [1.807, 2.05) is 6.07 Å². The molecule has 0 aromatic carbocycles. The second-order valence-corrected chi connectivity index (χ2v) is 6.65. The zero-order valence-corrected chi connectivity index (χ0v) is 12.0. The number of aromatic amines is 1. The van der Waals surface area contributed by atoms with Gasteiger partial charge in [0, 0.05) is 23.1 Å². The topological polar surface area (TPSA) is 58.9 Å². The highest BCUT2D eigenvalue weighted by atomic mass is 16.1. The van der Waals surface area contributed by atoms with Gasteiger partial charge in [0.1, 0.15) is 0 Å². The number of nitrogens with two attached hydrogens (primary N) is 1. The Balaban J connectivity index is 2.10. The van der Waals surface area contributed by atoms with Crippen molar-refractivity contribution in [1.82, 2.24) is 4.98 Å². The van der Waals surface area contributed by atoms with Crippen LogP contribution < -0.4 is 11.3 Å². The van der Waals surface area contributed by atoms with E-state index in [1.54, 1.807) is 6.07 Å². The summed E-state index contributed by atoms with van der Waals surface area (Å²) >= 11 is 0. The molecule has 3 aliphatic rings. The molecular formula is C17H20N2O. The molecular weight excluding hydrogens is 248 g/mol. The predicted octanol–water partition coefficient (Wildman–Crippen LogP) is 2.49. The Morgan fingerprint density at radius 3 is 2.80 bits per heavy atom. The lowest BCUT2D eigenvalue weighted by Crippen LogP contribution is -2.51. The van der Waals surface area contributed by atoms with Gasteiger partial charge < -0.3 is 10.7 Å². The second kappa shape index (κ2) is 3.53. The summed E-state index contributed by atoms with van der Waals surface area (Å²) in [5.74, 6) is 0.358. The smallest absolute Gasteiger partial charge is 0.248 e. The normalized spacial score (nSPS) is 34.9. The zero-order chi connectivity index (χ0) is 14.1. The van der Waals surface area contributed by atoms with Crippen molar-refractivity contribution in [3.63, 3.8) is 0 Å². The maximum Gasteiger partial charge on any atom is 0.248 e. The number of hydrogen-bond acceptors (Lipinski definition) is 2. The van der Waals surface area contributed by atoms with Gasteiger partial charge >= 0.3 is 0 Å². The number of pyridine rings is 1. The molecule has 1 fully saturated rings. The molecule has 1 spiro atoms. The minimum atomic E-state index is -0.439. The van der Waals surface area contributed by atoms with Crippen LogP contribution in [0.15, 0.2) is 40.2 Å². The largest absolute Gasteiger partial charge is 0.325 e. The first-order chi connectivity index (χ1) is 9.51. The van der Waals surface area contributed by atoms with Crippen LogP contribution in [0.3, 0.4) is 0 Å². The van der Waals surface area contributed by atoms with Crippen molar-refractivity contribution in [3.05, 3.63) is 57.0 Å². The van der Waals surface area contributed by atoms with Crippen LogP contribution in [0.5, 0.6) is 0 Å². The van der Waals surface area contributed by atoms with E-state index in [2.05, 4.69) is 31.0 Å². The molecule has 0 unspecified atom stereocenters. The Morgan fingerprint density at radius 1 is 1.40 bits per heavy atom. The van der Waals surface area contributed by atoms with Crippen LogP contribution in [0.25, 0.3) is 0 Å². The molecule has 3 heteroatoms. The summed E-state index contributed by atoms with van der Waals surface area (Å²) in [5, 5.41) is 0. The summed E-state index contributed by atoms with van der Waals surface area (Å²) < 4.78 is 0. The highest BCUT2D eigenvalue weighted by Crippen LogP contribution is 2.65. The summed E-state index contributed by atoms with van der Waals surface area (Å²) in [5.41, 5.74) is 11.4. The molecule has 1 heterocycles. The first-order valence-corrected chi connectivity index (χ1v) is 7.38. The fourth-order valence-electron chi connectivity index (χ4n) is 4.49. The van der Waals surface area contributed by atoms with Gasteiger partial charge in [-0.1, -0.05) is 17.7 Å². The number of H-pyrrole nitrogens is 1. The summed E-state index contributed by atoms with van der Waals surface area (Å²) in [6.45, 7) is 4.26. The van der Waals surface area contributed by atoms with E-state index >= 15 is 0 Å². The molecule has 3 N–H and O–H groups in total. The van der Waals surface area contributed by atoms with Crippen molar-refractivity contribution in [3.8, 4) is 0 Å². The van der Waals surface area contributed by atoms with Gasteiger partial charge in [0.2, 0.25) is 5.56 Å². The molecule has 104 valence electrons. The SMILES string of the molecule is C/C=C1\[C@@H]2C=C(C)C[C@]1(N)c1ccc(=O)[nH]c1C21CC1. The number of hydrogen-bond donors (Lipinski definition) is 2. The number of allylic oxidation sites excluding steroid dienone is 2. The Hall–Kier alpha value is -1.61. The first-order valence-electron chi connectivity index (χ1n) is 7.38. The first kappa shape index (κ1) is 12.2. The van der Waals surface area contributed by atoms with E-state index in [0.29, 0.717) is 5.92 Å². The standard InChI is InChI=1S/C17H20N2O/c1-3-11-13-8-10(2)9-17(11,18)12-4-5-14(20)19-15(12)16(13)6-7-16/h3-5,8,13H,6-7,9,18H2,1-2H3,(H,19,20)/b11-3+/t13-,17+/m0/s1. The number of aromatic nitrogens is 1. The van der Waals surface area contributed by atoms with Crippen LogP contribution in [-0.2, 0) is 11.0 Å². The fourth-order valence-corrected chi connectivity index (χ4v) is 4.49. The summed E-state index contributed by atoms with van der Waals surface area (Å²) in [6.07, 6.45) is 7.70. The van der Waals surface area contributed by atoms with Crippen molar-refractivity contribution < 1.29 is 0 Å². The third-order valence-corrected chi connectivity index (χ3v) is 5.45. The van der Waals surface area contributed by atoms with E-state index in [-0.39, 0.29) is 11.0 Å². The number of fused-ring (bicyclic) bond motifs is 6. The molecule has 0 saturated heterocycles. The molecule has 2 atom stereocenters. The van der Waals surface area contributed by atoms with E-state index in [1.165, 1.54) is 11.1 Å². The lowest BCUT2D eigenvalue weighted by Gasteiger charge is -2.49. The van der Waals surface area contributed by atoms with Crippen LogP contribution in [0.1, 0.15) is 44.4 Å². The van der Waals surface area contributed by atoms with Crippen LogP contribution in [0.4, 0.5) is 0 Å². The van der Waals surface area contributed by atoms with Gasteiger partial charge in [-0.2, -0.15) is 0 Å². The van der Waals surface area contributed by atoms with Gasteiger partial charge in [-0.25, -0.2) is 0 Å². The van der Waals surface area contributed by atoms with E-state index in [4.69, 9.17) is 5.73 Å². The molecule has 2 bridgehead atoms. The molecule has 20 heavy (non-hydrogen) atoms. The average molecular weight is 268 g/mol. The van der Waals surface area contributed by atoms with Crippen molar-refractivity contribution in [1.29, 1.82) is 0 Å². The number of nitrogens with one attached hydrogen (secondary N) is 1. The van der Waals surface area contributed by atoms with Gasteiger partial charge in [0.05, 0.1) is 5.54 Å². The Morgan fingerprint density at radius 2 is 2.15 bits per heavy atom. The fraction of sp³-hybridized carbons (Fsp3) is 0.471. The van der Waals surface area contributed by atoms with E-state index < -0.39 is 5.54 Å². The van der Waals surface area contributed by atoms with E-state index in [0.717, 1.165) is 30.5 Å². The second-order valence-electron chi connectivity index (χ2n) is 6.65. The molecule has 1 saturated carbocycles. The highest BCUT2D eigenvalue weighted by molar-refractivity contribution is 5.56. The lowest BCUT2D eigenvalue weighted by atomic mass is 9.58. The average Bonchev–Trinajstić information content (AvgIpc) is 3.17. The van der Waals surface area contributed by atoms with Crippen molar-refractivity contribution in [2.24, 2.45) is 11.7 Å². The molecule has 0 radical (unpaired) electrons. The van der Waals surface area contributed by atoms with Crippen LogP contribution >= 0.6 is 0 Å². The monoisotopic (exact) mass is 268 g/mol. The molecule has 0 aliphatic heterocycles. The van der Waals surface area contributed by atoms with Gasteiger partial charge in [-0.15, -0.1) is 0 Å². The Labute approximate surface area is 118 Å². The minimum absolute atomic E-state index is 0.0127. The molecule has 3 nitrogen and oxygen atoms in total. The summed E-state index contributed by atoms with van der Waals surface area (Å²) in [4.78, 5) is 14.9. The third-order valence-electron chi connectivity index (χ3n) is 5.45. The van der Waals surface area contributed by atoms with Crippen LogP contribution in [0.2, 0.25) is 0 Å². The maximum absolute atomic E-state index is 11.8. The zero-order valence-electron chi connectivity index (χ0n) is 12.0. The number of rotatable bonds is 0. The Bertz CT molecular complexity index is 721. The summed E-state index contributed by atoms with van der Waals surface area (Å²) in [7, 11) is 0.